The van der Waals surface area contributed by atoms with Gasteiger partial charge in [0.2, 0.25) is 5.91 Å². The molecule has 2 aromatic carbocycles. The number of amides is 1. The lowest BCUT2D eigenvalue weighted by Crippen LogP contribution is -2.35. The molecular weight excluding hydrogens is 425 g/mol. The smallest absolute Gasteiger partial charge is 0.246 e. The number of hydrogen-bond acceptors (Lipinski definition) is 5. The molecule has 0 saturated carbocycles. The Labute approximate surface area is 192 Å². The van der Waals surface area contributed by atoms with Gasteiger partial charge in [0.15, 0.2) is 0 Å². The molecule has 5 nitrogen and oxygen atoms in total. The van der Waals surface area contributed by atoms with Crippen LogP contribution < -0.4 is 4.74 Å². The lowest BCUT2D eigenvalue weighted by molar-refractivity contribution is -0.126. The van der Waals surface area contributed by atoms with Crippen molar-refractivity contribution in [3.05, 3.63) is 87.6 Å². The number of carbonyl (C=O) groups excluding carboxylic acids is 1. The van der Waals surface area contributed by atoms with Gasteiger partial charge in [0, 0.05) is 31.1 Å². The summed E-state index contributed by atoms with van der Waals surface area (Å²) in [5.74, 6) is 0.341. The summed E-state index contributed by atoms with van der Waals surface area (Å²) in [6, 6.07) is 13.8. The van der Waals surface area contributed by atoms with E-state index in [0.29, 0.717) is 19.7 Å². The van der Waals surface area contributed by atoms with Crippen molar-refractivity contribution in [3.63, 3.8) is 0 Å². The first kappa shape index (κ1) is 23.6. The molecule has 0 spiro atoms. The first-order valence-electron chi connectivity index (χ1n) is 10.4. The van der Waals surface area contributed by atoms with E-state index in [9.17, 15) is 9.18 Å². The van der Waals surface area contributed by atoms with Gasteiger partial charge in [-0.3, -0.25) is 4.79 Å². The van der Waals surface area contributed by atoms with E-state index in [2.05, 4.69) is 4.98 Å². The topological polar surface area (TPSA) is 45.7 Å². The Balaban J connectivity index is 1.64. The molecule has 168 valence electrons. The first-order chi connectivity index (χ1) is 15.4. The first-order valence-corrected chi connectivity index (χ1v) is 11.3. The van der Waals surface area contributed by atoms with E-state index in [1.807, 2.05) is 55.6 Å². The van der Waals surface area contributed by atoms with Gasteiger partial charge in [-0.1, -0.05) is 24.3 Å². The second-order valence-corrected chi connectivity index (χ2v) is 8.80. The minimum atomic E-state index is -0.285. The standard InChI is InChI=1S/C25H28FN3O2S/c1-19-27-23(18-32-19)17-31-24-6-4-5-20(15-24)9-12-25(30)29(14-13-28(2)3)16-21-7-10-22(26)11-8-21/h4-12,15,18H,13-14,16-17H2,1-3H3/b12-9+. The maximum absolute atomic E-state index is 13.2. The highest BCUT2D eigenvalue weighted by Gasteiger charge is 2.12. The van der Waals surface area contributed by atoms with Gasteiger partial charge in [-0.2, -0.15) is 0 Å². The Hall–Kier alpha value is -3.03. The summed E-state index contributed by atoms with van der Waals surface area (Å²) in [5.41, 5.74) is 2.67. The normalized spacial score (nSPS) is 11.3. The Bertz CT molecular complexity index is 1050. The largest absolute Gasteiger partial charge is 0.487 e. The van der Waals surface area contributed by atoms with Crippen LogP contribution in [0.5, 0.6) is 5.75 Å². The number of hydrogen-bond donors (Lipinski definition) is 0. The third kappa shape index (κ3) is 7.59. The minimum absolute atomic E-state index is 0.0968. The van der Waals surface area contributed by atoms with Crippen LogP contribution in [0.4, 0.5) is 4.39 Å². The molecule has 3 aromatic rings. The molecule has 0 unspecified atom stereocenters. The predicted octanol–water partition coefficient (Wildman–Crippen LogP) is 4.77. The summed E-state index contributed by atoms with van der Waals surface area (Å²) in [7, 11) is 3.93. The van der Waals surface area contributed by atoms with Gasteiger partial charge in [-0.25, -0.2) is 9.37 Å². The molecular formula is C25H28FN3O2S. The number of benzene rings is 2. The van der Waals surface area contributed by atoms with Gasteiger partial charge in [0.25, 0.3) is 0 Å². The number of halogens is 1. The lowest BCUT2D eigenvalue weighted by Gasteiger charge is -2.23. The zero-order valence-corrected chi connectivity index (χ0v) is 19.4. The van der Waals surface area contributed by atoms with Gasteiger partial charge < -0.3 is 14.5 Å². The molecule has 7 heteroatoms. The predicted molar refractivity (Wildman–Crippen MR) is 127 cm³/mol. The molecule has 0 atom stereocenters. The third-order valence-corrected chi connectivity index (χ3v) is 5.57. The monoisotopic (exact) mass is 453 g/mol. The van der Waals surface area contributed by atoms with Crippen molar-refractivity contribution < 1.29 is 13.9 Å². The number of rotatable bonds is 10. The SMILES string of the molecule is Cc1nc(COc2cccc(/C=C/C(=O)N(CCN(C)C)Cc3ccc(F)cc3)c2)cs1. The fraction of sp³-hybridized carbons (Fsp3) is 0.280. The van der Waals surface area contributed by atoms with Crippen LogP contribution in [0, 0.1) is 12.7 Å². The molecule has 0 saturated heterocycles. The number of nitrogens with zero attached hydrogens (tertiary/aromatic N) is 3. The third-order valence-electron chi connectivity index (χ3n) is 4.75. The average molecular weight is 454 g/mol. The summed E-state index contributed by atoms with van der Waals surface area (Å²) < 4.78 is 19.1. The van der Waals surface area contributed by atoms with Crippen molar-refractivity contribution in [2.24, 2.45) is 0 Å². The van der Waals surface area contributed by atoms with Crippen molar-refractivity contribution in [3.8, 4) is 5.75 Å². The van der Waals surface area contributed by atoms with Crippen LogP contribution in [0.2, 0.25) is 0 Å². The molecule has 0 radical (unpaired) electrons. The van der Waals surface area contributed by atoms with Crippen LogP contribution in [-0.2, 0) is 17.9 Å². The van der Waals surface area contributed by atoms with Crippen molar-refractivity contribution in [2.45, 2.75) is 20.1 Å². The van der Waals surface area contributed by atoms with Crippen LogP contribution in [0.1, 0.15) is 21.8 Å². The summed E-state index contributed by atoms with van der Waals surface area (Å²) in [5, 5.41) is 3.00. The number of likely N-dealkylation sites (N-methyl/N-ethyl adjacent to an activating group) is 1. The van der Waals surface area contributed by atoms with Crippen LogP contribution in [-0.4, -0.2) is 47.9 Å². The zero-order valence-electron chi connectivity index (χ0n) is 18.6. The van der Waals surface area contributed by atoms with Crippen molar-refractivity contribution in [1.29, 1.82) is 0 Å². The Morgan fingerprint density at radius 3 is 2.62 bits per heavy atom. The Morgan fingerprint density at radius 1 is 1.16 bits per heavy atom. The highest BCUT2D eigenvalue weighted by molar-refractivity contribution is 7.09. The summed E-state index contributed by atoms with van der Waals surface area (Å²) in [6.07, 6.45) is 3.36. The van der Waals surface area contributed by atoms with Crippen LogP contribution in [0.15, 0.2) is 60.0 Å². The molecule has 0 aliphatic rings. The second kappa shape index (κ2) is 11.5. The highest BCUT2D eigenvalue weighted by Crippen LogP contribution is 2.17. The molecule has 0 bridgehead atoms. The minimum Gasteiger partial charge on any atom is -0.487 e. The average Bonchev–Trinajstić information content (AvgIpc) is 3.20. The van der Waals surface area contributed by atoms with Crippen LogP contribution in [0.25, 0.3) is 6.08 Å². The Kier molecular flexibility index (Phi) is 8.53. The van der Waals surface area contributed by atoms with Gasteiger partial charge >= 0.3 is 0 Å². The summed E-state index contributed by atoms with van der Waals surface area (Å²) in [4.78, 5) is 21.1. The lowest BCUT2D eigenvalue weighted by atomic mass is 10.2. The number of carbonyl (C=O) groups is 1. The van der Waals surface area contributed by atoms with Gasteiger partial charge in [-0.05, 0) is 62.5 Å². The molecule has 0 fully saturated rings. The van der Waals surface area contributed by atoms with Crippen molar-refractivity contribution in [2.75, 3.05) is 27.2 Å². The highest BCUT2D eigenvalue weighted by atomic mass is 32.1. The van der Waals surface area contributed by atoms with E-state index in [4.69, 9.17) is 4.74 Å². The molecule has 0 aliphatic heterocycles. The fourth-order valence-electron chi connectivity index (χ4n) is 3.01. The molecule has 3 rings (SSSR count). The van der Waals surface area contributed by atoms with Crippen molar-refractivity contribution in [1.82, 2.24) is 14.8 Å². The van der Waals surface area contributed by atoms with Crippen molar-refractivity contribution >= 4 is 23.3 Å². The molecule has 1 aromatic heterocycles. The van der Waals surface area contributed by atoms with E-state index < -0.39 is 0 Å². The molecule has 1 heterocycles. The molecule has 1 amide bonds. The van der Waals surface area contributed by atoms with Crippen LogP contribution in [0.3, 0.4) is 0 Å². The number of aromatic nitrogens is 1. The van der Waals surface area contributed by atoms with E-state index in [1.54, 1.807) is 40.5 Å². The Morgan fingerprint density at radius 2 is 1.94 bits per heavy atom. The zero-order chi connectivity index (χ0) is 22.9. The van der Waals surface area contributed by atoms with Crippen LogP contribution >= 0.6 is 11.3 Å². The number of ether oxygens (including phenoxy) is 1. The summed E-state index contributed by atoms with van der Waals surface area (Å²) >= 11 is 1.60. The maximum Gasteiger partial charge on any atom is 0.246 e. The maximum atomic E-state index is 13.2. The van der Waals surface area contributed by atoms with E-state index in [0.717, 1.165) is 34.1 Å². The second-order valence-electron chi connectivity index (χ2n) is 7.74. The van der Waals surface area contributed by atoms with Gasteiger partial charge in [0.05, 0.1) is 10.7 Å². The fourth-order valence-corrected chi connectivity index (χ4v) is 3.61. The van der Waals surface area contributed by atoms with E-state index in [-0.39, 0.29) is 11.7 Å². The molecule has 0 N–H and O–H groups in total. The molecule has 32 heavy (non-hydrogen) atoms. The summed E-state index contributed by atoms with van der Waals surface area (Å²) in [6.45, 7) is 4.11. The molecule has 0 aliphatic carbocycles. The quantitative estimate of drug-likeness (QED) is 0.415. The number of thiazole rings is 1. The van der Waals surface area contributed by atoms with E-state index >= 15 is 0 Å². The van der Waals surface area contributed by atoms with Gasteiger partial charge in [0.1, 0.15) is 18.2 Å². The number of aryl methyl sites for hydroxylation is 1. The van der Waals surface area contributed by atoms with E-state index in [1.165, 1.54) is 12.1 Å². The van der Waals surface area contributed by atoms with Gasteiger partial charge in [-0.15, -0.1) is 11.3 Å².